The number of rotatable bonds is 3. The molecule has 4 atom stereocenters. The molecule has 3 aromatic carbocycles. The SMILES string of the molecule is [2H]C([2H])([2H])C1N(c2ccccc2C)[C@@H](C)C2c3ccccc3C(c3ccccc3)(C3CCCCC3)N21. The Morgan fingerprint density at radius 3 is 2.30 bits per heavy atom. The standard InChI is InChI=1S/C31H36N2/c1-22-14-10-13-21-29(22)32-23(2)30-27-19-11-12-20-28(27)31(33(30)24(32)3,25-15-6-4-7-16-25)26-17-8-5-9-18-26/h4,6-7,10-16,19-21,23-24,26,30H,5,8-9,17-18H2,1-3H3/t23-,24?,30?,31?/m0/s1/i3D3. The Morgan fingerprint density at radius 1 is 0.848 bits per heavy atom. The number of benzene rings is 3. The lowest BCUT2D eigenvalue weighted by atomic mass is 9.67. The van der Waals surface area contributed by atoms with Crippen molar-refractivity contribution in [2.45, 2.75) is 76.6 Å². The van der Waals surface area contributed by atoms with Crippen LogP contribution < -0.4 is 4.90 Å². The van der Waals surface area contributed by atoms with Gasteiger partial charge in [-0.2, -0.15) is 0 Å². The molecule has 2 aliphatic heterocycles. The number of para-hydroxylation sites is 1. The minimum absolute atomic E-state index is 0.00774. The van der Waals surface area contributed by atoms with Crippen LogP contribution in [0.3, 0.4) is 0 Å². The van der Waals surface area contributed by atoms with E-state index in [4.69, 9.17) is 4.11 Å². The molecule has 2 heterocycles. The third-order valence-corrected chi connectivity index (χ3v) is 8.62. The average molecular weight is 440 g/mol. The van der Waals surface area contributed by atoms with Crippen molar-refractivity contribution in [2.75, 3.05) is 4.90 Å². The van der Waals surface area contributed by atoms with Crippen LogP contribution in [0.2, 0.25) is 0 Å². The van der Waals surface area contributed by atoms with Gasteiger partial charge in [-0.1, -0.05) is 92.1 Å². The van der Waals surface area contributed by atoms with E-state index < -0.39 is 18.6 Å². The van der Waals surface area contributed by atoms with Crippen molar-refractivity contribution in [3.05, 3.63) is 101 Å². The molecule has 0 N–H and O–H groups in total. The second-order valence-corrected chi connectivity index (χ2v) is 10.2. The largest absolute Gasteiger partial charge is 0.351 e. The van der Waals surface area contributed by atoms with Gasteiger partial charge < -0.3 is 4.90 Å². The summed E-state index contributed by atoms with van der Waals surface area (Å²) in [7, 11) is 0. The van der Waals surface area contributed by atoms with Crippen LogP contribution in [-0.2, 0) is 5.54 Å². The fourth-order valence-corrected chi connectivity index (χ4v) is 7.34. The molecule has 0 aromatic heterocycles. The molecule has 3 aromatic rings. The normalized spacial score (nSPS) is 31.5. The van der Waals surface area contributed by atoms with Crippen molar-refractivity contribution in [2.24, 2.45) is 5.92 Å². The van der Waals surface area contributed by atoms with E-state index in [2.05, 4.69) is 90.4 Å². The fourth-order valence-electron chi connectivity index (χ4n) is 7.34. The first-order chi connectivity index (χ1) is 17.4. The monoisotopic (exact) mass is 439 g/mol. The quantitative estimate of drug-likeness (QED) is 0.419. The number of nitrogens with zero attached hydrogens (tertiary/aromatic N) is 2. The Bertz CT molecular complexity index is 1230. The second kappa shape index (κ2) is 8.02. The van der Waals surface area contributed by atoms with Crippen molar-refractivity contribution < 1.29 is 4.11 Å². The predicted molar refractivity (Wildman–Crippen MR) is 137 cm³/mol. The summed E-state index contributed by atoms with van der Waals surface area (Å²) in [4.78, 5) is 4.68. The molecule has 2 fully saturated rings. The highest BCUT2D eigenvalue weighted by atomic mass is 15.5. The third-order valence-electron chi connectivity index (χ3n) is 8.62. The Labute approximate surface area is 203 Å². The molecule has 6 rings (SSSR count). The number of hydrogen-bond donors (Lipinski definition) is 0. The van der Waals surface area contributed by atoms with Crippen molar-refractivity contribution in [3.63, 3.8) is 0 Å². The Balaban J connectivity index is 1.67. The van der Waals surface area contributed by atoms with Crippen LogP contribution in [0.15, 0.2) is 78.9 Å². The summed E-state index contributed by atoms with van der Waals surface area (Å²) in [5.41, 5.74) is 5.54. The zero-order valence-corrected chi connectivity index (χ0v) is 19.7. The highest BCUT2D eigenvalue weighted by Gasteiger charge is 2.62. The summed E-state index contributed by atoms with van der Waals surface area (Å²) < 4.78 is 26.8. The van der Waals surface area contributed by atoms with Crippen LogP contribution in [-0.4, -0.2) is 17.1 Å². The molecule has 0 radical (unpaired) electrons. The second-order valence-electron chi connectivity index (χ2n) is 10.2. The van der Waals surface area contributed by atoms with Crippen LogP contribution in [0, 0.1) is 12.8 Å². The summed E-state index contributed by atoms with van der Waals surface area (Å²) >= 11 is 0. The molecular formula is C31H36N2. The van der Waals surface area contributed by atoms with E-state index in [-0.39, 0.29) is 12.1 Å². The molecule has 0 spiro atoms. The lowest BCUT2D eigenvalue weighted by Gasteiger charge is -2.49. The van der Waals surface area contributed by atoms with Crippen molar-refractivity contribution in [1.82, 2.24) is 4.90 Å². The number of fused-ring (bicyclic) bond motifs is 3. The number of aryl methyl sites for hydroxylation is 1. The molecule has 0 bridgehead atoms. The van der Waals surface area contributed by atoms with Crippen LogP contribution in [0.1, 0.15) is 78.3 Å². The van der Waals surface area contributed by atoms with Crippen LogP contribution in [0.25, 0.3) is 0 Å². The Morgan fingerprint density at radius 2 is 1.55 bits per heavy atom. The maximum atomic E-state index is 8.93. The van der Waals surface area contributed by atoms with Gasteiger partial charge in [-0.15, -0.1) is 0 Å². The van der Waals surface area contributed by atoms with Crippen LogP contribution in [0.4, 0.5) is 5.69 Å². The molecule has 170 valence electrons. The molecule has 0 amide bonds. The predicted octanol–water partition coefficient (Wildman–Crippen LogP) is 7.43. The van der Waals surface area contributed by atoms with Gasteiger partial charge in [-0.05, 0) is 67.8 Å². The molecule has 1 saturated heterocycles. The van der Waals surface area contributed by atoms with E-state index >= 15 is 0 Å². The van der Waals surface area contributed by atoms with Gasteiger partial charge in [0.05, 0.1) is 17.7 Å². The van der Waals surface area contributed by atoms with Gasteiger partial charge in [0.1, 0.15) is 0 Å². The molecule has 3 unspecified atom stereocenters. The summed E-state index contributed by atoms with van der Waals surface area (Å²) in [6, 6.07) is 27.9. The summed E-state index contributed by atoms with van der Waals surface area (Å²) in [6.45, 7) is 2.15. The lowest BCUT2D eigenvalue weighted by Crippen LogP contribution is -2.53. The van der Waals surface area contributed by atoms with Crippen molar-refractivity contribution in [1.29, 1.82) is 0 Å². The van der Waals surface area contributed by atoms with Gasteiger partial charge in [0, 0.05) is 15.8 Å². The first-order valence-corrected chi connectivity index (χ1v) is 12.6. The summed E-state index contributed by atoms with van der Waals surface area (Å²) in [5.74, 6) is 0.369. The Kier molecular flexibility index (Phi) is 4.34. The van der Waals surface area contributed by atoms with Crippen LogP contribution in [0.5, 0.6) is 0 Å². The van der Waals surface area contributed by atoms with E-state index in [1.807, 2.05) is 12.1 Å². The zero-order valence-electron chi connectivity index (χ0n) is 22.7. The highest BCUT2D eigenvalue weighted by Crippen LogP contribution is 2.62. The molecular weight excluding hydrogens is 400 g/mol. The van der Waals surface area contributed by atoms with E-state index in [1.165, 1.54) is 36.0 Å². The van der Waals surface area contributed by atoms with Crippen LogP contribution >= 0.6 is 0 Å². The van der Waals surface area contributed by atoms with E-state index in [1.54, 1.807) is 0 Å². The van der Waals surface area contributed by atoms with E-state index in [0.29, 0.717) is 5.92 Å². The smallest absolute Gasteiger partial charge is 0.0812 e. The molecule has 2 nitrogen and oxygen atoms in total. The average Bonchev–Trinajstić information content (AvgIpc) is 3.36. The minimum Gasteiger partial charge on any atom is -0.351 e. The van der Waals surface area contributed by atoms with Gasteiger partial charge in [0.25, 0.3) is 0 Å². The minimum atomic E-state index is -2.18. The molecule has 1 aliphatic carbocycles. The Hall–Kier alpha value is -2.58. The third kappa shape index (κ3) is 2.89. The molecule has 2 heteroatoms. The zero-order chi connectivity index (χ0) is 25.1. The number of hydrogen-bond acceptors (Lipinski definition) is 2. The first kappa shape index (κ1) is 17.8. The molecule has 1 saturated carbocycles. The first-order valence-electron chi connectivity index (χ1n) is 14.1. The van der Waals surface area contributed by atoms with Crippen molar-refractivity contribution >= 4 is 5.69 Å². The summed E-state index contributed by atoms with van der Waals surface area (Å²) in [5, 5.41) is 0. The fraction of sp³-hybridized carbons (Fsp3) is 0.419. The van der Waals surface area contributed by atoms with Gasteiger partial charge in [0.15, 0.2) is 0 Å². The number of anilines is 1. The van der Waals surface area contributed by atoms with E-state index in [0.717, 1.165) is 24.1 Å². The molecule has 3 aliphatic rings. The summed E-state index contributed by atoms with van der Waals surface area (Å²) in [6.07, 6.45) is 5.21. The van der Waals surface area contributed by atoms with Gasteiger partial charge in [-0.3, -0.25) is 4.90 Å². The maximum Gasteiger partial charge on any atom is 0.0812 e. The van der Waals surface area contributed by atoms with E-state index in [9.17, 15) is 0 Å². The maximum absolute atomic E-state index is 8.93. The highest BCUT2D eigenvalue weighted by molar-refractivity contribution is 5.60. The van der Waals surface area contributed by atoms with Gasteiger partial charge in [-0.25, -0.2) is 0 Å². The van der Waals surface area contributed by atoms with Gasteiger partial charge >= 0.3 is 0 Å². The van der Waals surface area contributed by atoms with Crippen molar-refractivity contribution in [3.8, 4) is 0 Å². The molecule has 33 heavy (non-hydrogen) atoms. The topological polar surface area (TPSA) is 6.48 Å². The van der Waals surface area contributed by atoms with Gasteiger partial charge in [0.2, 0.25) is 0 Å². The lowest BCUT2D eigenvalue weighted by molar-refractivity contribution is 0.0270.